The zero-order valence-corrected chi connectivity index (χ0v) is 20.4. The van der Waals surface area contributed by atoms with Crippen LogP contribution in [-0.4, -0.2) is 0 Å². The van der Waals surface area contributed by atoms with Gasteiger partial charge in [0.05, 0.1) is 0 Å². The van der Waals surface area contributed by atoms with Gasteiger partial charge in [0.1, 0.15) is 0 Å². The summed E-state index contributed by atoms with van der Waals surface area (Å²) in [5.74, 6) is 0. The summed E-state index contributed by atoms with van der Waals surface area (Å²) in [5, 5.41) is 6.94. The van der Waals surface area contributed by atoms with Crippen molar-refractivity contribution in [3.63, 3.8) is 0 Å². The molecule has 0 saturated heterocycles. The predicted octanol–water partition coefficient (Wildman–Crippen LogP) is 10.2. The van der Waals surface area contributed by atoms with E-state index >= 15 is 0 Å². The van der Waals surface area contributed by atoms with Gasteiger partial charge in [0.25, 0.3) is 0 Å². The van der Waals surface area contributed by atoms with Crippen molar-refractivity contribution < 1.29 is 0 Å². The maximum Gasteiger partial charge on any atom is 0.0470 e. The third-order valence-corrected chi connectivity index (χ3v) is 6.76. The summed E-state index contributed by atoms with van der Waals surface area (Å²) in [6, 6.07) is 48.6. The highest BCUT2D eigenvalue weighted by Gasteiger charge is 2.14. The number of halogens is 1. The zero-order valence-electron chi connectivity index (χ0n) is 19.7. The summed E-state index contributed by atoms with van der Waals surface area (Å²) < 4.78 is 0. The normalized spacial score (nSPS) is 10.9. The van der Waals surface area contributed by atoms with E-state index in [0.717, 1.165) is 38.7 Å². The minimum Gasteiger partial charge on any atom is -0.354 e. The van der Waals surface area contributed by atoms with Crippen molar-refractivity contribution in [2.75, 3.05) is 5.32 Å². The summed E-state index contributed by atoms with van der Waals surface area (Å²) in [5.41, 5.74) is 8.98. The second-order valence-corrected chi connectivity index (χ2v) is 9.27. The van der Waals surface area contributed by atoms with Crippen molar-refractivity contribution in [3.05, 3.63) is 145 Å². The van der Waals surface area contributed by atoms with Crippen LogP contribution in [0.1, 0.15) is 0 Å². The van der Waals surface area contributed by atoms with Crippen molar-refractivity contribution in [2.24, 2.45) is 0 Å². The fourth-order valence-corrected chi connectivity index (χ4v) is 4.95. The van der Waals surface area contributed by atoms with Gasteiger partial charge >= 0.3 is 0 Å². The second-order valence-electron chi connectivity index (χ2n) is 8.84. The van der Waals surface area contributed by atoms with E-state index in [1.54, 1.807) is 0 Å². The molecule has 6 aromatic rings. The second kappa shape index (κ2) is 9.73. The molecule has 0 amide bonds. The lowest BCUT2D eigenvalue weighted by Crippen LogP contribution is -1.97. The van der Waals surface area contributed by atoms with E-state index in [-0.39, 0.29) is 0 Å². The molecule has 0 aliphatic carbocycles. The van der Waals surface area contributed by atoms with Crippen LogP contribution in [0, 0.1) is 0 Å². The fraction of sp³-hybridized carbons (Fsp3) is 0. The van der Waals surface area contributed by atoms with Gasteiger partial charge in [-0.15, -0.1) is 0 Å². The van der Waals surface area contributed by atoms with Gasteiger partial charge in [-0.05, 0) is 63.4 Å². The Morgan fingerprint density at radius 2 is 0.972 bits per heavy atom. The molecule has 6 aromatic carbocycles. The minimum absolute atomic E-state index is 0.726. The molecule has 1 nitrogen and oxygen atoms in total. The van der Waals surface area contributed by atoms with Gasteiger partial charge in [-0.3, -0.25) is 0 Å². The molecule has 0 atom stereocenters. The highest BCUT2D eigenvalue weighted by atomic mass is 35.5. The third-order valence-electron chi connectivity index (χ3n) is 6.52. The largest absolute Gasteiger partial charge is 0.354 e. The first-order valence-corrected chi connectivity index (χ1v) is 12.4. The lowest BCUT2D eigenvalue weighted by molar-refractivity contribution is 1.53. The Hall–Kier alpha value is -4.33. The molecule has 2 heteroatoms. The summed E-state index contributed by atoms with van der Waals surface area (Å²) in [6.07, 6.45) is 0. The quantitative estimate of drug-likeness (QED) is 0.258. The van der Waals surface area contributed by atoms with Crippen LogP contribution in [0.3, 0.4) is 0 Å². The van der Waals surface area contributed by atoms with Gasteiger partial charge in [-0.1, -0.05) is 121 Å². The molecule has 36 heavy (non-hydrogen) atoms. The van der Waals surface area contributed by atoms with Crippen molar-refractivity contribution in [3.8, 4) is 33.4 Å². The lowest BCUT2D eigenvalue weighted by Gasteiger charge is -2.19. The van der Waals surface area contributed by atoms with E-state index in [1.807, 2.05) is 12.1 Å². The number of benzene rings is 6. The van der Waals surface area contributed by atoms with Gasteiger partial charge < -0.3 is 5.32 Å². The Balaban J connectivity index is 1.51. The molecule has 0 fully saturated rings. The highest BCUT2D eigenvalue weighted by molar-refractivity contribution is 6.31. The molecule has 0 radical (unpaired) electrons. The number of hydrogen-bond donors (Lipinski definition) is 1. The van der Waals surface area contributed by atoms with E-state index in [4.69, 9.17) is 11.6 Å². The third kappa shape index (κ3) is 4.37. The van der Waals surface area contributed by atoms with Gasteiger partial charge in [0, 0.05) is 27.5 Å². The number of nitrogens with one attached hydrogen (secondary N) is 1. The number of anilines is 2. The van der Waals surface area contributed by atoms with Crippen molar-refractivity contribution in [1.29, 1.82) is 0 Å². The molecule has 0 aliphatic heterocycles. The number of fused-ring (bicyclic) bond motifs is 1. The van der Waals surface area contributed by atoms with E-state index < -0.39 is 0 Å². The number of para-hydroxylation sites is 1. The summed E-state index contributed by atoms with van der Waals surface area (Å²) in [7, 11) is 0. The molecule has 0 heterocycles. The molecule has 0 bridgehead atoms. The van der Waals surface area contributed by atoms with Crippen molar-refractivity contribution >= 4 is 33.7 Å². The standard InChI is InChI=1S/C34H24ClN/c35-28-19-20-29(31(23-28)24-11-3-1-4-12-24)30-17-9-10-18-33(30)36-34-22-27-16-8-7-15-26(27)21-32(34)25-13-5-2-6-14-25/h1-23,36H. The van der Waals surface area contributed by atoms with Crippen molar-refractivity contribution in [1.82, 2.24) is 0 Å². The molecule has 172 valence electrons. The maximum atomic E-state index is 6.45. The van der Waals surface area contributed by atoms with Gasteiger partial charge in [-0.2, -0.15) is 0 Å². The van der Waals surface area contributed by atoms with E-state index in [1.165, 1.54) is 21.9 Å². The zero-order chi connectivity index (χ0) is 24.3. The van der Waals surface area contributed by atoms with Gasteiger partial charge in [0.15, 0.2) is 0 Å². The topological polar surface area (TPSA) is 12.0 Å². The molecule has 0 aromatic heterocycles. The molecule has 6 rings (SSSR count). The van der Waals surface area contributed by atoms with Gasteiger partial charge in [-0.25, -0.2) is 0 Å². The van der Waals surface area contributed by atoms with Crippen LogP contribution < -0.4 is 5.32 Å². The van der Waals surface area contributed by atoms with Crippen LogP contribution in [0.4, 0.5) is 11.4 Å². The SMILES string of the molecule is Clc1ccc(-c2ccccc2Nc2cc3ccccc3cc2-c2ccccc2)c(-c2ccccc2)c1. The van der Waals surface area contributed by atoms with Crippen LogP contribution in [0.25, 0.3) is 44.2 Å². The maximum absolute atomic E-state index is 6.45. The first kappa shape index (κ1) is 22.2. The predicted molar refractivity (Wildman–Crippen MR) is 155 cm³/mol. The number of hydrogen-bond acceptors (Lipinski definition) is 1. The molecule has 0 saturated carbocycles. The van der Waals surface area contributed by atoms with E-state index in [9.17, 15) is 0 Å². The molecular formula is C34H24ClN. The Labute approximate surface area is 216 Å². The summed E-state index contributed by atoms with van der Waals surface area (Å²) >= 11 is 6.45. The first-order chi connectivity index (χ1) is 17.8. The smallest absolute Gasteiger partial charge is 0.0470 e. The van der Waals surface area contributed by atoms with Crippen LogP contribution in [-0.2, 0) is 0 Å². The Morgan fingerprint density at radius 3 is 1.69 bits per heavy atom. The minimum atomic E-state index is 0.726. The lowest BCUT2D eigenvalue weighted by atomic mass is 9.93. The van der Waals surface area contributed by atoms with E-state index in [2.05, 4.69) is 133 Å². The number of rotatable bonds is 5. The first-order valence-electron chi connectivity index (χ1n) is 12.1. The van der Waals surface area contributed by atoms with Crippen LogP contribution in [0.5, 0.6) is 0 Å². The van der Waals surface area contributed by atoms with Gasteiger partial charge in [0.2, 0.25) is 0 Å². The monoisotopic (exact) mass is 481 g/mol. The molecular weight excluding hydrogens is 458 g/mol. The molecule has 1 N–H and O–H groups in total. The van der Waals surface area contributed by atoms with Crippen LogP contribution >= 0.6 is 11.6 Å². The molecule has 0 spiro atoms. The summed E-state index contributed by atoms with van der Waals surface area (Å²) in [4.78, 5) is 0. The fourth-order valence-electron chi connectivity index (χ4n) is 4.78. The Kier molecular flexibility index (Phi) is 5.99. The highest BCUT2D eigenvalue weighted by Crippen LogP contribution is 2.41. The van der Waals surface area contributed by atoms with Crippen molar-refractivity contribution in [2.45, 2.75) is 0 Å². The average Bonchev–Trinajstić information content (AvgIpc) is 2.94. The Bertz CT molecular complexity index is 1660. The van der Waals surface area contributed by atoms with E-state index in [0.29, 0.717) is 0 Å². The van der Waals surface area contributed by atoms with Crippen LogP contribution in [0.15, 0.2) is 140 Å². The molecule has 0 aliphatic rings. The Morgan fingerprint density at radius 1 is 0.389 bits per heavy atom. The summed E-state index contributed by atoms with van der Waals surface area (Å²) in [6.45, 7) is 0. The molecule has 0 unspecified atom stereocenters. The van der Waals surface area contributed by atoms with Crippen LogP contribution in [0.2, 0.25) is 5.02 Å². The average molecular weight is 482 g/mol.